The molecule has 2 atom stereocenters. The van der Waals surface area contributed by atoms with E-state index in [9.17, 15) is 9.59 Å². The van der Waals surface area contributed by atoms with Crippen molar-refractivity contribution in [1.29, 1.82) is 0 Å². The van der Waals surface area contributed by atoms with E-state index in [4.69, 9.17) is 18.9 Å². The van der Waals surface area contributed by atoms with Crippen LogP contribution in [0.4, 0.5) is 0 Å². The Balaban J connectivity index is 1.82. The number of ether oxygens (including phenoxy) is 4. The van der Waals surface area contributed by atoms with Crippen LogP contribution < -0.4 is 19.5 Å². The van der Waals surface area contributed by atoms with E-state index in [1.165, 1.54) is 0 Å². The fraction of sp³-hybridized carbons (Fsp3) is 0.357. The van der Waals surface area contributed by atoms with Gasteiger partial charge in [-0.15, -0.1) is 0 Å². The lowest BCUT2D eigenvalue weighted by molar-refractivity contribution is -0.138. The number of ketones is 1. The lowest BCUT2D eigenvalue weighted by atomic mass is 9.71. The van der Waals surface area contributed by atoms with Crippen LogP contribution >= 0.6 is 0 Å². The number of methoxy groups -OCH3 is 3. The van der Waals surface area contributed by atoms with Crippen LogP contribution in [-0.4, -0.2) is 39.7 Å². The highest BCUT2D eigenvalue weighted by molar-refractivity contribution is 6.04. The van der Waals surface area contributed by atoms with Crippen LogP contribution in [0, 0.1) is 0 Å². The monoisotopic (exact) mass is 477 g/mol. The van der Waals surface area contributed by atoms with E-state index in [0.717, 1.165) is 22.6 Å². The van der Waals surface area contributed by atoms with E-state index < -0.39 is 11.9 Å². The number of dihydropyridines is 1. The molecule has 2 aliphatic rings. The van der Waals surface area contributed by atoms with Crippen molar-refractivity contribution in [2.24, 2.45) is 0 Å². The van der Waals surface area contributed by atoms with Gasteiger partial charge in [-0.1, -0.05) is 18.2 Å². The zero-order valence-corrected chi connectivity index (χ0v) is 20.8. The SMILES string of the molecule is CCOC(=O)C1=C(C)NC2=C(C(=O)CC(c3ccc(OC)cc3)C2)C1c1ccc(OC)cc1OC. The molecule has 0 saturated heterocycles. The molecule has 1 aliphatic carbocycles. The van der Waals surface area contributed by atoms with Crippen LogP contribution in [0.5, 0.6) is 17.2 Å². The second kappa shape index (κ2) is 10.3. The first-order chi connectivity index (χ1) is 16.9. The number of esters is 1. The molecular formula is C28H31NO6. The minimum absolute atomic E-state index is 0.00302. The molecule has 184 valence electrons. The van der Waals surface area contributed by atoms with Crippen LogP contribution in [0.2, 0.25) is 0 Å². The van der Waals surface area contributed by atoms with Crippen molar-refractivity contribution in [2.45, 2.75) is 38.5 Å². The van der Waals surface area contributed by atoms with E-state index in [1.807, 2.05) is 43.3 Å². The number of hydrogen-bond donors (Lipinski definition) is 1. The smallest absolute Gasteiger partial charge is 0.336 e. The average molecular weight is 478 g/mol. The summed E-state index contributed by atoms with van der Waals surface area (Å²) in [5, 5.41) is 3.37. The molecule has 0 amide bonds. The van der Waals surface area contributed by atoms with Gasteiger partial charge in [-0.05, 0) is 49.9 Å². The van der Waals surface area contributed by atoms with Crippen LogP contribution in [0.3, 0.4) is 0 Å². The number of nitrogens with one attached hydrogen (secondary N) is 1. The molecule has 35 heavy (non-hydrogen) atoms. The maximum atomic E-state index is 13.7. The molecule has 2 unspecified atom stereocenters. The molecule has 7 nitrogen and oxygen atoms in total. The van der Waals surface area contributed by atoms with Crippen molar-refractivity contribution in [3.05, 3.63) is 76.1 Å². The Morgan fingerprint density at radius 1 is 0.971 bits per heavy atom. The standard InChI is InChI=1S/C28H31NO6/c1-6-35-28(31)25-16(2)29-22-13-18(17-7-9-19(32-3)10-8-17)14-23(30)27(22)26(25)21-12-11-20(33-4)15-24(21)34-5/h7-12,15,18,26,29H,6,13-14H2,1-5H3. The van der Waals surface area contributed by atoms with Gasteiger partial charge in [0.1, 0.15) is 17.2 Å². The number of allylic oxidation sites excluding steroid dienone is 3. The predicted molar refractivity (Wildman–Crippen MR) is 132 cm³/mol. The summed E-state index contributed by atoms with van der Waals surface area (Å²) in [6.07, 6.45) is 0.993. The molecule has 1 N–H and O–H groups in total. The molecule has 0 radical (unpaired) electrons. The van der Waals surface area contributed by atoms with Gasteiger partial charge < -0.3 is 24.3 Å². The largest absolute Gasteiger partial charge is 0.497 e. The van der Waals surface area contributed by atoms with Gasteiger partial charge in [-0.25, -0.2) is 4.79 Å². The number of benzene rings is 2. The Kier molecular flexibility index (Phi) is 7.15. The van der Waals surface area contributed by atoms with Gasteiger partial charge in [0.05, 0.1) is 39.4 Å². The van der Waals surface area contributed by atoms with Crippen LogP contribution in [0.15, 0.2) is 65.0 Å². The quantitative estimate of drug-likeness (QED) is 0.582. The molecule has 2 aromatic rings. The second-order valence-corrected chi connectivity index (χ2v) is 8.62. The van der Waals surface area contributed by atoms with Crippen molar-refractivity contribution in [3.63, 3.8) is 0 Å². The van der Waals surface area contributed by atoms with Gasteiger partial charge in [0.2, 0.25) is 0 Å². The van der Waals surface area contributed by atoms with E-state index in [0.29, 0.717) is 41.2 Å². The van der Waals surface area contributed by atoms with E-state index in [1.54, 1.807) is 34.3 Å². The first-order valence-electron chi connectivity index (χ1n) is 11.7. The molecule has 1 heterocycles. The van der Waals surface area contributed by atoms with Crippen LogP contribution in [-0.2, 0) is 14.3 Å². The number of rotatable bonds is 7. The van der Waals surface area contributed by atoms with E-state index >= 15 is 0 Å². The molecule has 7 heteroatoms. The van der Waals surface area contributed by atoms with Crippen LogP contribution in [0.1, 0.15) is 49.7 Å². The van der Waals surface area contributed by atoms with E-state index in [2.05, 4.69) is 5.32 Å². The minimum atomic E-state index is -0.601. The third kappa shape index (κ3) is 4.63. The van der Waals surface area contributed by atoms with Crippen molar-refractivity contribution < 1.29 is 28.5 Å². The van der Waals surface area contributed by atoms with E-state index in [-0.39, 0.29) is 18.3 Å². The number of Topliss-reactive ketones (excluding diaryl/α,β-unsaturated/α-hetero) is 1. The Bertz CT molecular complexity index is 1190. The minimum Gasteiger partial charge on any atom is -0.497 e. The highest BCUT2D eigenvalue weighted by Crippen LogP contribution is 2.48. The topological polar surface area (TPSA) is 83.1 Å². The fourth-order valence-electron chi connectivity index (χ4n) is 5.00. The summed E-state index contributed by atoms with van der Waals surface area (Å²) in [5.41, 5.74) is 4.31. The maximum Gasteiger partial charge on any atom is 0.336 e. The molecular weight excluding hydrogens is 446 g/mol. The summed E-state index contributed by atoms with van der Waals surface area (Å²) < 4.78 is 21.7. The zero-order chi connectivity index (χ0) is 25.1. The molecule has 4 rings (SSSR count). The summed E-state index contributed by atoms with van der Waals surface area (Å²) in [6.45, 7) is 3.85. The normalized spacial score (nSPS) is 19.6. The molecule has 0 fully saturated rings. The zero-order valence-electron chi connectivity index (χ0n) is 20.8. The lowest BCUT2D eigenvalue weighted by Gasteiger charge is -2.37. The van der Waals surface area contributed by atoms with Gasteiger partial charge in [0.15, 0.2) is 5.78 Å². The Hall–Kier alpha value is -3.74. The lowest BCUT2D eigenvalue weighted by Crippen LogP contribution is -2.36. The number of carbonyl (C=O) groups excluding carboxylic acids is 2. The first kappa shape index (κ1) is 24.4. The number of carbonyl (C=O) groups is 2. The Morgan fingerprint density at radius 2 is 1.66 bits per heavy atom. The molecule has 0 saturated carbocycles. The number of hydrogen-bond acceptors (Lipinski definition) is 7. The highest BCUT2D eigenvalue weighted by atomic mass is 16.5. The van der Waals surface area contributed by atoms with Gasteiger partial charge in [-0.2, -0.15) is 0 Å². The van der Waals surface area contributed by atoms with Gasteiger partial charge in [0.25, 0.3) is 0 Å². The van der Waals surface area contributed by atoms with Gasteiger partial charge in [-0.3, -0.25) is 4.79 Å². The predicted octanol–water partition coefficient (Wildman–Crippen LogP) is 4.64. The fourth-order valence-corrected chi connectivity index (χ4v) is 5.00. The highest BCUT2D eigenvalue weighted by Gasteiger charge is 2.42. The Morgan fingerprint density at radius 3 is 2.29 bits per heavy atom. The summed E-state index contributed by atoms with van der Waals surface area (Å²) in [4.78, 5) is 26.8. The van der Waals surface area contributed by atoms with Crippen molar-refractivity contribution in [1.82, 2.24) is 5.32 Å². The Labute approximate surface area is 205 Å². The van der Waals surface area contributed by atoms with Crippen molar-refractivity contribution in [3.8, 4) is 17.2 Å². The first-order valence-corrected chi connectivity index (χ1v) is 11.7. The molecule has 0 spiro atoms. The van der Waals surface area contributed by atoms with Gasteiger partial charge in [0, 0.05) is 35.0 Å². The third-order valence-corrected chi connectivity index (χ3v) is 6.66. The molecule has 0 bridgehead atoms. The van der Waals surface area contributed by atoms with Gasteiger partial charge >= 0.3 is 5.97 Å². The molecule has 2 aromatic carbocycles. The maximum absolute atomic E-state index is 13.7. The summed E-state index contributed by atoms with van der Waals surface area (Å²) in [7, 11) is 4.78. The summed E-state index contributed by atoms with van der Waals surface area (Å²) in [6, 6.07) is 13.3. The van der Waals surface area contributed by atoms with Crippen LogP contribution in [0.25, 0.3) is 0 Å². The van der Waals surface area contributed by atoms with Crippen molar-refractivity contribution in [2.75, 3.05) is 27.9 Å². The average Bonchev–Trinajstić information content (AvgIpc) is 2.87. The molecule has 1 aliphatic heterocycles. The molecule has 0 aromatic heterocycles. The summed E-state index contributed by atoms with van der Waals surface area (Å²) in [5.74, 6) is 0.916. The summed E-state index contributed by atoms with van der Waals surface area (Å²) >= 11 is 0. The third-order valence-electron chi connectivity index (χ3n) is 6.66. The van der Waals surface area contributed by atoms with Crippen molar-refractivity contribution >= 4 is 11.8 Å². The second-order valence-electron chi connectivity index (χ2n) is 8.62.